The second-order valence-electron chi connectivity index (χ2n) is 5.07. The molecule has 0 saturated heterocycles. The summed E-state index contributed by atoms with van der Waals surface area (Å²) in [5.74, 6) is 0.429. The molecule has 0 bridgehead atoms. The van der Waals surface area contributed by atoms with Crippen molar-refractivity contribution in [3.8, 4) is 5.75 Å². The Kier molecular flexibility index (Phi) is 6.17. The Balaban J connectivity index is 2.59. The highest BCUT2D eigenvalue weighted by Crippen LogP contribution is 2.25. The fourth-order valence-corrected chi connectivity index (χ4v) is 1.97. The summed E-state index contributed by atoms with van der Waals surface area (Å²) >= 11 is 0. The van der Waals surface area contributed by atoms with Crippen LogP contribution in [0.4, 0.5) is 18.9 Å². The van der Waals surface area contributed by atoms with Gasteiger partial charge < -0.3 is 10.1 Å². The molecule has 0 spiro atoms. The Morgan fingerprint density at radius 3 is 2.15 bits per heavy atom. The van der Waals surface area contributed by atoms with Crippen molar-refractivity contribution in [3.05, 3.63) is 24.3 Å². The molecule has 0 heterocycles. The lowest BCUT2D eigenvalue weighted by atomic mass is 9.97. The molecule has 2 atom stereocenters. The summed E-state index contributed by atoms with van der Waals surface area (Å²) in [7, 11) is 0. The Labute approximate surface area is 118 Å². The lowest BCUT2D eigenvalue weighted by molar-refractivity contribution is -0.274. The van der Waals surface area contributed by atoms with Gasteiger partial charge in [-0.15, -0.1) is 13.2 Å². The van der Waals surface area contributed by atoms with Crippen LogP contribution < -0.4 is 10.1 Å². The zero-order valence-corrected chi connectivity index (χ0v) is 12.1. The van der Waals surface area contributed by atoms with Gasteiger partial charge in [0.2, 0.25) is 0 Å². The fraction of sp³-hybridized carbons (Fsp3) is 0.600. The first-order valence-corrected chi connectivity index (χ1v) is 6.96. The molecule has 2 nitrogen and oxygen atoms in total. The molecule has 0 fully saturated rings. The van der Waals surface area contributed by atoms with Gasteiger partial charge in [-0.25, -0.2) is 0 Å². The maximum Gasteiger partial charge on any atom is 0.573 e. The maximum absolute atomic E-state index is 12.1. The average Bonchev–Trinajstić information content (AvgIpc) is 2.38. The SMILES string of the molecule is CCC(C)CC(CC)Nc1ccc(OC(F)(F)F)cc1. The van der Waals surface area contributed by atoms with Crippen LogP contribution in [0.25, 0.3) is 0 Å². The van der Waals surface area contributed by atoms with Crippen LogP contribution in [0.5, 0.6) is 5.75 Å². The minimum atomic E-state index is -4.64. The minimum Gasteiger partial charge on any atom is -0.406 e. The number of alkyl halides is 3. The number of benzene rings is 1. The van der Waals surface area contributed by atoms with Gasteiger partial charge in [-0.1, -0.05) is 27.2 Å². The summed E-state index contributed by atoms with van der Waals surface area (Å²) in [5.41, 5.74) is 0.815. The summed E-state index contributed by atoms with van der Waals surface area (Å²) in [6, 6.07) is 6.21. The lowest BCUT2D eigenvalue weighted by Gasteiger charge is -2.21. The predicted octanol–water partition coefficient (Wildman–Crippen LogP) is 5.21. The zero-order valence-electron chi connectivity index (χ0n) is 12.1. The number of hydrogen-bond acceptors (Lipinski definition) is 2. The molecular weight excluding hydrogens is 267 g/mol. The van der Waals surface area contributed by atoms with Crippen molar-refractivity contribution in [2.24, 2.45) is 5.92 Å². The number of hydrogen-bond donors (Lipinski definition) is 1. The highest BCUT2D eigenvalue weighted by atomic mass is 19.4. The number of nitrogens with one attached hydrogen (secondary N) is 1. The van der Waals surface area contributed by atoms with E-state index in [0.717, 1.165) is 24.9 Å². The van der Waals surface area contributed by atoms with E-state index < -0.39 is 6.36 Å². The van der Waals surface area contributed by atoms with E-state index in [9.17, 15) is 13.2 Å². The number of anilines is 1. The van der Waals surface area contributed by atoms with Crippen molar-refractivity contribution in [3.63, 3.8) is 0 Å². The molecule has 1 rings (SSSR count). The third-order valence-corrected chi connectivity index (χ3v) is 3.34. The van der Waals surface area contributed by atoms with Crippen molar-refractivity contribution in [2.75, 3.05) is 5.32 Å². The summed E-state index contributed by atoms with van der Waals surface area (Å²) in [5, 5.41) is 3.35. The summed E-state index contributed by atoms with van der Waals surface area (Å²) in [6.45, 7) is 6.45. The third kappa shape index (κ3) is 6.17. The molecule has 0 saturated carbocycles. The van der Waals surface area contributed by atoms with Crippen LogP contribution in [0.15, 0.2) is 24.3 Å². The van der Waals surface area contributed by atoms with E-state index in [4.69, 9.17) is 0 Å². The summed E-state index contributed by atoms with van der Waals surface area (Å²) in [6.07, 6.45) is -1.49. The first-order chi connectivity index (χ1) is 9.34. The second-order valence-corrected chi connectivity index (χ2v) is 5.07. The molecule has 5 heteroatoms. The van der Waals surface area contributed by atoms with Gasteiger partial charge in [0.15, 0.2) is 0 Å². The van der Waals surface area contributed by atoms with Crippen LogP contribution in [0.3, 0.4) is 0 Å². The summed E-state index contributed by atoms with van der Waals surface area (Å²) in [4.78, 5) is 0. The molecule has 20 heavy (non-hydrogen) atoms. The Morgan fingerprint density at radius 1 is 1.10 bits per heavy atom. The molecule has 0 amide bonds. The van der Waals surface area contributed by atoms with E-state index in [1.807, 2.05) is 0 Å². The van der Waals surface area contributed by atoms with Crippen LogP contribution in [0.1, 0.15) is 40.0 Å². The third-order valence-electron chi connectivity index (χ3n) is 3.34. The topological polar surface area (TPSA) is 21.3 Å². The normalized spacial score (nSPS) is 14.7. The monoisotopic (exact) mass is 289 g/mol. The number of halogens is 3. The Morgan fingerprint density at radius 2 is 1.70 bits per heavy atom. The van der Waals surface area contributed by atoms with Crippen molar-refractivity contribution in [2.45, 2.75) is 52.4 Å². The summed E-state index contributed by atoms with van der Waals surface area (Å²) < 4.78 is 40.0. The molecular formula is C15H22F3NO. The van der Waals surface area contributed by atoms with Gasteiger partial charge >= 0.3 is 6.36 Å². The van der Waals surface area contributed by atoms with Gasteiger partial charge in [0.25, 0.3) is 0 Å². The highest BCUT2D eigenvalue weighted by molar-refractivity contribution is 5.47. The van der Waals surface area contributed by atoms with Gasteiger partial charge in [0.05, 0.1) is 0 Å². The van der Waals surface area contributed by atoms with Crippen molar-refractivity contribution in [1.82, 2.24) is 0 Å². The van der Waals surface area contributed by atoms with Gasteiger partial charge in [0, 0.05) is 11.7 Å². The van der Waals surface area contributed by atoms with Gasteiger partial charge in [-0.2, -0.15) is 0 Å². The molecule has 0 aromatic heterocycles. The van der Waals surface area contributed by atoms with Crippen LogP contribution in [0, 0.1) is 5.92 Å². The molecule has 2 unspecified atom stereocenters. The van der Waals surface area contributed by atoms with Crippen LogP contribution in [0.2, 0.25) is 0 Å². The van der Waals surface area contributed by atoms with Crippen LogP contribution in [-0.2, 0) is 0 Å². The van der Waals surface area contributed by atoms with Crippen molar-refractivity contribution in [1.29, 1.82) is 0 Å². The zero-order chi connectivity index (χ0) is 15.2. The highest BCUT2D eigenvalue weighted by Gasteiger charge is 2.30. The van der Waals surface area contributed by atoms with Crippen molar-refractivity contribution < 1.29 is 17.9 Å². The number of rotatable bonds is 7. The molecule has 0 aliphatic heterocycles. The molecule has 1 aromatic rings. The largest absolute Gasteiger partial charge is 0.573 e. The predicted molar refractivity (Wildman–Crippen MR) is 74.9 cm³/mol. The Hall–Kier alpha value is -1.39. The maximum atomic E-state index is 12.1. The smallest absolute Gasteiger partial charge is 0.406 e. The van der Waals surface area contributed by atoms with E-state index in [-0.39, 0.29) is 5.75 Å². The standard InChI is InChI=1S/C15H22F3NO/c1-4-11(3)10-12(5-2)19-13-6-8-14(9-7-13)20-15(16,17)18/h6-9,11-12,19H,4-5,10H2,1-3H3. The quantitative estimate of drug-likeness (QED) is 0.743. The van der Waals surface area contributed by atoms with Crippen LogP contribution >= 0.6 is 0 Å². The molecule has 0 aliphatic rings. The van der Waals surface area contributed by atoms with E-state index in [1.54, 1.807) is 12.1 Å². The number of ether oxygens (including phenoxy) is 1. The van der Waals surface area contributed by atoms with E-state index >= 15 is 0 Å². The minimum absolute atomic E-state index is 0.196. The van der Waals surface area contributed by atoms with Crippen molar-refractivity contribution >= 4 is 5.69 Å². The molecule has 1 N–H and O–H groups in total. The molecule has 1 aromatic carbocycles. The Bertz CT molecular complexity index is 389. The average molecular weight is 289 g/mol. The second kappa shape index (κ2) is 7.41. The van der Waals surface area contributed by atoms with Gasteiger partial charge in [-0.05, 0) is 43.0 Å². The van der Waals surface area contributed by atoms with Gasteiger partial charge in [0.1, 0.15) is 5.75 Å². The van der Waals surface area contributed by atoms with Gasteiger partial charge in [-0.3, -0.25) is 0 Å². The first kappa shape index (κ1) is 16.7. The first-order valence-electron chi connectivity index (χ1n) is 6.96. The van der Waals surface area contributed by atoms with E-state index in [1.165, 1.54) is 12.1 Å². The lowest BCUT2D eigenvalue weighted by Crippen LogP contribution is -2.21. The van der Waals surface area contributed by atoms with E-state index in [2.05, 4.69) is 30.8 Å². The fourth-order valence-electron chi connectivity index (χ4n) is 1.97. The molecule has 0 aliphatic carbocycles. The molecule has 114 valence electrons. The van der Waals surface area contributed by atoms with Crippen LogP contribution in [-0.4, -0.2) is 12.4 Å². The van der Waals surface area contributed by atoms with E-state index in [0.29, 0.717) is 12.0 Å². The molecule has 0 radical (unpaired) electrons.